The van der Waals surface area contributed by atoms with Crippen LogP contribution in [-0.4, -0.2) is 47.1 Å². The number of aromatic nitrogens is 2. The number of para-hydroxylation sites is 1. The normalized spacial score (nSPS) is 14.8. The topological polar surface area (TPSA) is 65.5 Å². The summed E-state index contributed by atoms with van der Waals surface area (Å²) in [6.45, 7) is 2.45. The molecule has 0 aliphatic carbocycles. The van der Waals surface area contributed by atoms with E-state index in [2.05, 4.69) is 37.3 Å². The third kappa shape index (κ3) is 5.75. The molecule has 1 saturated heterocycles. The Morgan fingerprint density at radius 1 is 1.10 bits per heavy atom. The fraction of sp³-hybridized carbons (Fsp3) is 0.304. The second-order valence-electron chi connectivity index (χ2n) is 7.13. The molecule has 0 spiro atoms. The van der Waals surface area contributed by atoms with Crippen LogP contribution in [0.5, 0.6) is 5.75 Å². The fourth-order valence-electron chi connectivity index (χ4n) is 3.59. The zero-order valence-electron chi connectivity index (χ0n) is 17.1. The van der Waals surface area contributed by atoms with Crippen LogP contribution in [0.15, 0.2) is 71.9 Å². The molecule has 0 radical (unpaired) electrons. The van der Waals surface area contributed by atoms with E-state index in [1.807, 2.05) is 61.8 Å². The lowest BCUT2D eigenvalue weighted by Gasteiger charge is -2.34. The van der Waals surface area contributed by atoms with Crippen LogP contribution in [0.2, 0.25) is 0 Å². The molecule has 3 aromatic rings. The third-order valence-corrected chi connectivity index (χ3v) is 5.13. The van der Waals surface area contributed by atoms with Crippen LogP contribution in [0.3, 0.4) is 0 Å². The minimum atomic E-state index is 0. The van der Waals surface area contributed by atoms with E-state index < -0.39 is 0 Å². The van der Waals surface area contributed by atoms with Gasteiger partial charge in [0.25, 0.3) is 0 Å². The largest absolute Gasteiger partial charge is 0.490 e. The molecule has 1 fully saturated rings. The number of halogens is 1. The molecule has 7 heteroatoms. The fourth-order valence-corrected chi connectivity index (χ4v) is 3.59. The maximum absolute atomic E-state index is 6.09. The van der Waals surface area contributed by atoms with Crippen molar-refractivity contribution in [2.24, 2.45) is 4.99 Å². The van der Waals surface area contributed by atoms with Crippen LogP contribution in [0.4, 0.5) is 0 Å². The van der Waals surface area contributed by atoms with E-state index in [1.165, 1.54) is 0 Å². The zero-order chi connectivity index (χ0) is 19.9. The Hall–Kier alpha value is -2.55. The summed E-state index contributed by atoms with van der Waals surface area (Å²) in [4.78, 5) is 14.6. The molecule has 0 bridgehead atoms. The highest BCUT2D eigenvalue weighted by Gasteiger charge is 2.22. The lowest BCUT2D eigenvalue weighted by atomic mass is 10.1. The lowest BCUT2D eigenvalue weighted by Crippen LogP contribution is -2.47. The molecule has 6 nitrogen and oxygen atoms in total. The molecule has 1 aliphatic heterocycles. The predicted octanol–water partition coefficient (Wildman–Crippen LogP) is 4.31. The molecule has 2 aromatic carbocycles. The van der Waals surface area contributed by atoms with Crippen molar-refractivity contribution in [2.45, 2.75) is 25.5 Å². The van der Waals surface area contributed by atoms with Gasteiger partial charge in [-0.2, -0.15) is 0 Å². The monoisotopic (exact) mass is 517 g/mol. The smallest absolute Gasteiger partial charge is 0.194 e. The summed E-state index contributed by atoms with van der Waals surface area (Å²) < 4.78 is 6.09. The number of rotatable bonds is 5. The van der Waals surface area contributed by atoms with Crippen molar-refractivity contribution in [3.63, 3.8) is 0 Å². The molecule has 0 amide bonds. The first-order valence-corrected chi connectivity index (χ1v) is 10.1. The number of piperidine rings is 1. The van der Waals surface area contributed by atoms with Crippen molar-refractivity contribution in [1.29, 1.82) is 0 Å². The standard InChI is InChI=1S/C23H27N5O.HI/c1-24-23(26-17-22-25-16-21(27-22)18-8-4-2-5-9-18)28-14-12-20(13-15-28)29-19-10-6-3-7-11-19;/h2-11,16,20H,12-15,17H2,1H3,(H,24,26)(H,25,27);1H. The number of nitrogens with one attached hydrogen (secondary N) is 2. The average Bonchev–Trinajstić information content (AvgIpc) is 3.26. The first-order chi connectivity index (χ1) is 14.3. The number of ether oxygens (including phenoxy) is 1. The van der Waals surface area contributed by atoms with E-state index in [-0.39, 0.29) is 30.1 Å². The molecule has 4 rings (SSSR count). The first kappa shape index (κ1) is 22.1. The van der Waals surface area contributed by atoms with Gasteiger partial charge in [0.1, 0.15) is 17.7 Å². The molecular weight excluding hydrogens is 489 g/mol. The number of imidazole rings is 1. The van der Waals surface area contributed by atoms with Gasteiger partial charge in [0, 0.05) is 33.0 Å². The summed E-state index contributed by atoms with van der Waals surface area (Å²) in [6, 6.07) is 20.3. The second kappa shape index (κ2) is 11.0. The number of benzene rings is 2. The summed E-state index contributed by atoms with van der Waals surface area (Å²) in [5.74, 6) is 2.74. The van der Waals surface area contributed by atoms with Gasteiger partial charge in [-0.25, -0.2) is 4.98 Å². The van der Waals surface area contributed by atoms with E-state index in [0.29, 0.717) is 6.54 Å². The van der Waals surface area contributed by atoms with Crippen LogP contribution in [0.25, 0.3) is 11.3 Å². The number of hydrogen-bond acceptors (Lipinski definition) is 3. The molecular formula is C23H28IN5O. The van der Waals surface area contributed by atoms with E-state index >= 15 is 0 Å². The van der Waals surface area contributed by atoms with Crippen molar-refractivity contribution in [3.05, 3.63) is 72.7 Å². The number of hydrogen-bond donors (Lipinski definition) is 2. The SMILES string of the molecule is CN=C(NCc1ncc(-c2ccccc2)[nH]1)N1CCC(Oc2ccccc2)CC1.I. The maximum Gasteiger partial charge on any atom is 0.194 e. The minimum Gasteiger partial charge on any atom is -0.490 e. The van der Waals surface area contributed by atoms with Gasteiger partial charge in [0.15, 0.2) is 5.96 Å². The van der Waals surface area contributed by atoms with E-state index in [1.54, 1.807) is 0 Å². The third-order valence-electron chi connectivity index (χ3n) is 5.13. The molecule has 1 aliphatic rings. The minimum absolute atomic E-state index is 0. The molecule has 0 atom stereocenters. The Balaban J connectivity index is 0.00000256. The lowest BCUT2D eigenvalue weighted by molar-refractivity contribution is 0.129. The molecule has 2 N–H and O–H groups in total. The van der Waals surface area contributed by atoms with Gasteiger partial charge in [-0.05, 0) is 17.7 Å². The highest BCUT2D eigenvalue weighted by atomic mass is 127. The van der Waals surface area contributed by atoms with Gasteiger partial charge >= 0.3 is 0 Å². The Morgan fingerprint density at radius 2 is 1.77 bits per heavy atom. The second-order valence-corrected chi connectivity index (χ2v) is 7.13. The predicted molar refractivity (Wildman–Crippen MR) is 131 cm³/mol. The van der Waals surface area contributed by atoms with Gasteiger partial charge in [-0.15, -0.1) is 24.0 Å². The average molecular weight is 517 g/mol. The van der Waals surface area contributed by atoms with Crippen molar-refractivity contribution in [1.82, 2.24) is 20.2 Å². The van der Waals surface area contributed by atoms with Gasteiger partial charge < -0.3 is 19.9 Å². The highest BCUT2D eigenvalue weighted by Crippen LogP contribution is 2.19. The molecule has 0 saturated carbocycles. The number of aliphatic imine (C=N–C) groups is 1. The Kier molecular flexibility index (Phi) is 8.12. The molecule has 30 heavy (non-hydrogen) atoms. The van der Waals surface area contributed by atoms with Crippen LogP contribution in [0, 0.1) is 0 Å². The van der Waals surface area contributed by atoms with Crippen molar-refractivity contribution < 1.29 is 4.74 Å². The van der Waals surface area contributed by atoms with Gasteiger partial charge in [0.05, 0.1) is 18.4 Å². The number of likely N-dealkylation sites (tertiary alicyclic amines) is 1. The van der Waals surface area contributed by atoms with Crippen molar-refractivity contribution in [2.75, 3.05) is 20.1 Å². The van der Waals surface area contributed by atoms with Gasteiger partial charge in [0.2, 0.25) is 0 Å². The summed E-state index contributed by atoms with van der Waals surface area (Å²) in [5.41, 5.74) is 2.16. The summed E-state index contributed by atoms with van der Waals surface area (Å²) in [5, 5.41) is 3.43. The number of aromatic amines is 1. The quantitative estimate of drug-likeness (QED) is 0.301. The molecule has 0 unspecified atom stereocenters. The van der Waals surface area contributed by atoms with E-state index in [4.69, 9.17) is 4.74 Å². The van der Waals surface area contributed by atoms with Gasteiger partial charge in [-0.3, -0.25) is 4.99 Å². The van der Waals surface area contributed by atoms with Crippen molar-refractivity contribution in [3.8, 4) is 17.0 Å². The maximum atomic E-state index is 6.09. The van der Waals surface area contributed by atoms with E-state index in [9.17, 15) is 0 Å². The van der Waals surface area contributed by atoms with Crippen molar-refractivity contribution >= 4 is 29.9 Å². The Bertz CT molecular complexity index is 921. The summed E-state index contributed by atoms with van der Waals surface area (Å²) in [7, 11) is 1.83. The number of nitrogens with zero attached hydrogens (tertiary/aromatic N) is 3. The molecule has 158 valence electrons. The van der Waals surface area contributed by atoms with Crippen LogP contribution in [-0.2, 0) is 6.54 Å². The Labute approximate surface area is 194 Å². The van der Waals surface area contributed by atoms with Gasteiger partial charge in [-0.1, -0.05) is 48.5 Å². The Morgan fingerprint density at radius 3 is 2.43 bits per heavy atom. The number of H-pyrrole nitrogens is 1. The van der Waals surface area contributed by atoms with Crippen LogP contribution in [0.1, 0.15) is 18.7 Å². The van der Waals surface area contributed by atoms with Crippen LogP contribution < -0.4 is 10.1 Å². The zero-order valence-corrected chi connectivity index (χ0v) is 19.5. The molecule has 2 heterocycles. The summed E-state index contributed by atoms with van der Waals surface area (Å²) >= 11 is 0. The highest BCUT2D eigenvalue weighted by molar-refractivity contribution is 14.0. The summed E-state index contributed by atoms with van der Waals surface area (Å²) in [6.07, 6.45) is 4.09. The van der Waals surface area contributed by atoms with E-state index in [0.717, 1.165) is 54.7 Å². The first-order valence-electron chi connectivity index (χ1n) is 10.1. The van der Waals surface area contributed by atoms with Crippen LogP contribution >= 0.6 is 24.0 Å². The molecule has 1 aromatic heterocycles. The number of guanidine groups is 1.